The second kappa shape index (κ2) is 5.94. The highest BCUT2D eigenvalue weighted by Crippen LogP contribution is 2.32. The van der Waals surface area contributed by atoms with Crippen molar-refractivity contribution < 1.29 is 17.9 Å². The van der Waals surface area contributed by atoms with Gasteiger partial charge >= 0.3 is 0 Å². The fraction of sp³-hybridized carbons (Fsp3) is 0.600. The number of hydrogen-bond acceptors (Lipinski definition) is 4. The highest BCUT2D eigenvalue weighted by Gasteiger charge is 2.40. The molecular weight excluding hydrogens is 290 g/mol. The maximum atomic E-state index is 12.9. The Morgan fingerprint density at radius 3 is 2.62 bits per heavy atom. The lowest BCUT2D eigenvalue weighted by Gasteiger charge is -2.42. The zero-order valence-corrected chi connectivity index (χ0v) is 13.0. The molecule has 3 rings (SSSR count). The van der Waals surface area contributed by atoms with E-state index < -0.39 is 10.0 Å². The normalized spacial score (nSPS) is 27.1. The summed E-state index contributed by atoms with van der Waals surface area (Å²) in [5.41, 5.74) is 0. The van der Waals surface area contributed by atoms with Crippen LogP contribution >= 0.6 is 0 Å². The lowest BCUT2D eigenvalue weighted by atomic mass is 9.91. The highest BCUT2D eigenvalue weighted by molar-refractivity contribution is 7.89. The molecule has 6 heteroatoms. The fourth-order valence-corrected chi connectivity index (χ4v) is 4.91. The number of hydrogen-bond donors (Lipinski definition) is 0. The molecule has 1 aliphatic carbocycles. The lowest BCUT2D eigenvalue weighted by molar-refractivity contribution is -0.0586. The average Bonchev–Trinajstić information content (AvgIpc) is 2.54. The molecule has 0 N–H and O–H groups in total. The molecule has 5 nitrogen and oxygen atoms in total. The number of fused-ring (bicyclic) bond motifs is 1. The third-order valence-corrected chi connectivity index (χ3v) is 6.29. The largest absolute Gasteiger partial charge is 0.497 e. The van der Waals surface area contributed by atoms with E-state index in [1.165, 1.54) is 0 Å². The first-order valence-electron chi connectivity index (χ1n) is 7.40. The van der Waals surface area contributed by atoms with Crippen molar-refractivity contribution in [2.24, 2.45) is 0 Å². The highest BCUT2D eigenvalue weighted by atomic mass is 32.2. The molecule has 0 bridgehead atoms. The van der Waals surface area contributed by atoms with E-state index in [0.29, 0.717) is 23.8 Å². The Morgan fingerprint density at radius 2 is 1.90 bits per heavy atom. The minimum absolute atomic E-state index is 0.0143. The molecule has 2 atom stereocenters. The molecule has 2 aliphatic rings. The van der Waals surface area contributed by atoms with Gasteiger partial charge in [0.1, 0.15) is 5.75 Å². The molecule has 1 aromatic rings. The van der Waals surface area contributed by atoms with Crippen LogP contribution in [0.1, 0.15) is 25.7 Å². The lowest BCUT2D eigenvalue weighted by Crippen LogP contribution is -2.54. The SMILES string of the molecule is COc1ccc(S(=O)(=O)N2CCO[C@@H]3CCCC[C@@H]32)cc1. The number of rotatable bonds is 3. The Balaban J connectivity index is 1.88. The van der Waals surface area contributed by atoms with Crippen LogP contribution < -0.4 is 4.74 Å². The summed E-state index contributed by atoms with van der Waals surface area (Å²) in [6.45, 7) is 0.923. The molecule has 1 aromatic carbocycles. The topological polar surface area (TPSA) is 55.8 Å². The van der Waals surface area contributed by atoms with Gasteiger partial charge in [-0.2, -0.15) is 4.31 Å². The third kappa shape index (κ3) is 2.80. The van der Waals surface area contributed by atoms with Gasteiger partial charge < -0.3 is 9.47 Å². The van der Waals surface area contributed by atoms with Crippen LogP contribution in [0, 0.1) is 0 Å². The summed E-state index contributed by atoms with van der Waals surface area (Å²) in [7, 11) is -1.89. The Kier molecular flexibility index (Phi) is 4.19. The molecule has 1 saturated carbocycles. The molecule has 1 heterocycles. The van der Waals surface area contributed by atoms with E-state index in [9.17, 15) is 8.42 Å². The predicted octanol–water partition coefficient (Wildman–Crippen LogP) is 2.03. The average molecular weight is 311 g/mol. The van der Waals surface area contributed by atoms with Crippen LogP contribution in [-0.2, 0) is 14.8 Å². The van der Waals surface area contributed by atoms with Gasteiger partial charge in [-0.25, -0.2) is 8.42 Å². The van der Waals surface area contributed by atoms with E-state index in [4.69, 9.17) is 9.47 Å². The van der Waals surface area contributed by atoms with Crippen LogP contribution in [0.2, 0.25) is 0 Å². The van der Waals surface area contributed by atoms with Crippen molar-refractivity contribution in [2.75, 3.05) is 20.3 Å². The summed E-state index contributed by atoms with van der Waals surface area (Å²) < 4.78 is 38.2. The summed E-state index contributed by atoms with van der Waals surface area (Å²) >= 11 is 0. The number of methoxy groups -OCH3 is 1. The van der Waals surface area contributed by atoms with Gasteiger partial charge in [-0.1, -0.05) is 12.8 Å². The molecule has 0 unspecified atom stereocenters. The molecule has 0 amide bonds. The van der Waals surface area contributed by atoms with E-state index in [-0.39, 0.29) is 12.1 Å². The Hall–Kier alpha value is -1.11. The van der Waals surface area contributed by atoms with Crippen LogP contribution in [0.15, 0.2) is 29.2 Å². The minimum Gasteiger partial charge on any atom is -0.497 e. The summed E-state index contributed by atoms with van der Waals surface area (Å²) in [5, 5.41) is 0. The minimum atomic E-state index is -3.46. The van der Waals surface area contributed by atoms with Crippen molar-refractivity contribution >= 4 is 10.0 Å². The summed E-state index contributed by atoms with van der Waals surface area (Å²) in [6, 6.07) is 6.58. The molecule has 116 valence electrons. The van der Waals surface area contributed by atoms with Crippen LogP contribution in [0.4, 0.5) is 0 Å². The predicted molar refractivity (Wildman–Crippen MR) is 78.9 cm³/mol. The van der Waals surface area contributed by atoms with E-state index in [1.54, 1.807) is 35.7 Å². The van der Waals surface area contributed by atoms with Crippen LogP contribution in [-0.4, -0.2) is 45.1 Å². The monoisotopic (exact) mass is 311 g/mol. The zero-order chi connectivity index (χ0) is 14.9. The van der Waals surface area contributed by atoms with Crippen LogP contribution in [0.5, 0.6) is 5.75 Å². The van der Waals surface area contributed by atoms with Crippen molar-refractivity contribution in [1.29, 1.82) is 0 Å². The van der Waals surface area contributed by atoms with Gasteiger partial charge in [0.2, 0.25) is 10.0 Å². The standard InChI is InChI=1S/C15H21NO4S/c1-19-12-6-8-13(9-7-12)21(17,18)16-10-11-20-15-5-3-2-4-14(15)16/h6-9,14-15H,2-5,10-11H2,1H3/t14-,15+/m0/s1. The van der Waals surface area contributed by atoms with E-state index in [1.807, 2.05) is 0 Å². The Labute approximate surface area is 125 Å². The second-order valence-electron chi connectivity index (χ2n) is 5.55. The number of benzene rings is 1. The van der Waals surface area contributed by atoms with E-state index >= 15 is 0 Å². The van der Waals surface area contributed by atoms with Crippen molar-refractivity contribution in [2.45, 2.75) is 42.7 Å². The number of morpholine rings is 1. The summed E-state index contributed by atoms with van der Waals surface area (Å²) in [4.78, 5) is 0.328. The van der Waals surface area contributed by atoms with Crippen molar-refractivity contribution in [3.8, 4) is 5.75 Å². The van der Waals surface area contributed by atoms with Gasteiger partial charge in [-0.3, -0.25) is 0 Å². The number of ether oxygens (including phenoxy) is 2. The second-order valence-corrected chi connectivity index (χ2v) is 7.44. The van der Waals surface area contributed by atoms with Crippen LogP contribution in [0.3, 0.4) is 0 Å². The van der Waals surface area contributed by atoms with E-state index in [0.717, 1.165) is 25.7 Å². The van der Waals surface area contributed by atoms with Gasteiger partial charge in [0.05, 0.1) is 30.8 Å². The first kappa shape index (κ1) is 14.8. The maximum Gasteiger partial charge on any atom is 0.243 e. The molecule has 0 aromatic heterocycles. The molecule has 0 radical (unpaired) electrons. The van der Waals surface area contributed by atoms with Gasteiger partial charge in [0.25, 0.3) is 0 Å². The molecule has 1 aliphatic heterocycles. The van der Waals surface area contributed by atoms with Gasteiger partial charge in [-0.15, -0.1) is 0 Å². The van der Waals surface area contributed by atoms with Crippen LogP contribution in [0.25, 0.3) is 0 Å². The molecule has 1 saturated heterocycles. The first-order valence-corrected chi connectivity index (χ1v) is 8.84. The Bertz CT molecular complexity index is 582. The number of nitrogens with zero attached hydrogens (tertiary/aromatic N) is 1. The summed E-state index contributed by atoms with van der Waals surface area (Å²) in [6.07, 6.45) is 4.09. The van der Waals surface area contributed by atoms with Crippen molar-refractivity contribution in [1.82, 2.24) is 4.31 Å². The van der Waals surface area contributed by atoms with Crippen molar-refractivity contribution in [3.63, 3.8) is 0 Å². The van der Waals surface area contributed by atoms with E-state index in [2.05, 4.69) is 0 Å². The smallest absolute Gasteiger partial charge is 0.243 e. The molecular formula is C15H21NO4S. The third-order valence-electron chi connectivity index (χ3n) is 4.35. The Morgan fingerprint density at radius 1 is 1.19 bits per heavy atom. The quantitative estimate of drug-likeness (QED) is 0.857. The molecule has 2 fully saturated rings. The molecule has 0 spiro atoms. The maximum absolute atomic E-state index is 12.9. The first-order chi connectivity index (χ1) is 10.1. The molecule has 21 heavy (non-hydrogen) atoms. The fourth-order valence-electron chi connectivity index (χ4n) is 3.24. The van der Waals surface area contributed by atoms with Gasteiger partial charge in [0.15, 0.2) is 0 Å². The van der Waals surface area contributed by atoms with Gasteiger partial charge in [0, 0.05) is 6.54 Å². The number of sulfonamides is 1. The van der Waals surface area contributed by atoms with Crippen molar-refractivity contribution in [3.05, 3.63) is 24.3 Å². The zero-order valence-electron chi connectivity index (χ0n) is 12.2. The van der Waals surface area contributed by atoms with Gasteiger partial charge in [-0.05, 0) is 37.1 Å². The summed E-state index contributed by atoms with van der Waals surface area (Å²) in [5.74, 6) is 0.659.